The van der Waals surface area contributed by atoms with E-state index in [1.165, 1.54) is 12.1 Å². The van der Waals surface area contributed by atoms with Gasteiger partial charge in [-0.05, 0) is 29.8 Å². The van der Waals surface area contributed by atoms with Crippen molar-refractivity contribution >= 4 is 16.7 Å². The van der Waals surface area contributed by atoms with Crippen molar-refractivity contribution in [3.05, 3.63) is 60.2 Å². The van der Waals surface area contributed by atoms with E-state index in [4.69, 9.17) is 5.73 Å². The Labute approximate surface area is 104 Å². The number of halogens is 1. The number of para-hydroxylation sites is 2. The van der Waals surface area contributed by atoms with E-state index in [-0.39, 0.29) is 5.82 Å². The minimum atomic E-state index is -0.313. The standard InChI is InChI=1S/C14H12FN3/c15-11-6-5-10(12(16)7-11)8-18-9-17-13-3-1-2-4-14(13)18/h1-7,9H,8,16H2. The lowest BCUT2D eigenvalue weighted by Crippen LogP contribution is -2.02. The summed E-state index contributed by atoms with van der Waals surface area (Å²) in [6.45, 7) is 0.590. The molecule has 0 aliphatic rings. The van der Waals surface area contributed by atoms with E-state index < -0.39 is 0 Å². The molecule has 2 aromatic carbocycles. The van der Waals surface area contributed by atoms with E-state index in [1.54, 1.807) is 12.4 Å². The van der Waals surface area contributed by atoms with E-state index in [0.717, 1.165) is 16.6 Å². The predicted octanol–water partition coefficient (Wildman–Crippen LogP) is 2.81. The summed E-state index contributed by atoms with van der Waals surface area (Å²) in [6, 6.07) is 12.3. The maximum atomic E-state index is 13.0. The first-order valence-corrected chi connectivity index (χ1v) is 5.68. The number of rotatable bonds is 2. The molecule has 3 aromatic rings. The first-order chi connectivity index (χ1) is 8.74. The molecule has 3 rings (SSSR count). The zero-order chi connectivity index (χ0) is 12.5. The molecule has 0 aliphatic heterocycles. The third-order valence-corrected chi connectivity index (χ3v) is 2.98. The molecule has 90 valence electrons. The highest BCUT2D eigenvalue weighted by molar-refractivity contribution is 5.75. The summed E-state index contributed by atoms with van der Waals surface area (Å²) in [6.07, 6.45) is 1.77. The molecule has 0 unspecified atom stereocenters. The number of hydrogen-bond acceptors (Lipinski definition) is 2. The largest absolute Gasteiger partial charge is 0.398 e. The van der Waals surface area contributed by atoms with Gasteiger partial charge in [-0.3, -0.25) is 0 Å². The van der Waals surface area contributed by atoms with Gasteiger partial charge in [-0.15, -0.1) is 0 Å². The van der Waals surface area contributed by atoms with Crippen LogP contribution in [0.4, 0.5) is 10.1 Å². The summed E-state index contributed by atoms with van der Waals surface area (Å²) < 4.78 is 15.0. The molecule has 0 atom stereocenters. The van der Waals surface area contributed by atoms with Crippen molar-refractivity contribution in [3.8, 4) is 0 Å². The smallest absolute Gasteiger partial charge is 0.125 e. The van der Waals surface area contributed by atoms with E-state index >= 15 is 0 Å². The molecule has 0 bridgehead atoms. The van der Waals surface area contributed by atoms with Crippen LogP contribution < -0.4 is 5.73 Å². The molecule has 18 heavy (non-hydrogen) atoms. The predicted molar refractivity (Wildman–Crippen MR) is 69.6 cm³/mol. The van der Waals surface area contributed by atoms with Gasteiger partial charge in [0.15, 0.2) is 0 Å². The molecule has 1 aromatic heterocycles. The Morgan fingerprint density at radius 2 is 2.00 bits per heavy atom. The molecule has 0 spiro atoms. The van der Waals surface area contributed by atoms with Crippen LogP contribution in [0, 0.1) is 5.82 Å². The van der Waals surface area contributed by atoms with Crippen LogP contribution in [0.25, 0.3) is 11.0 Å². The second kappa shape index (κ2) is 4.14. The van der Waals surface area contributed by atoms with Gasteiger partial charge in [0.1, 0.15) is 5.82 Å². The molecular weight excluding hydrogens is 229 g/mol. The van der Waals surface area contributed by atoms with E-state index in [1.807, 2.05) is 28.8 Å². The molecule has 0 saturated heterocycles. The summed E-state index contributed by atoms with van der Waals surface area (Å²) in [5.74, 6) is -0.313. The number of hydrogen-bond donors (Lipinski definition) is 1. The molecule has 1 heterocycles. The SMILES string of the molecule is Nc1cc(F)ccc1Cn1cnc2ccccc21. The Kier molecular flexibility index (Phi) is 2.48. The van der Waals surface area contributed by atoms with Crippen LogP contribution in [0.5, 0.6) is 0 Å². The fourth-order valence-corrected chi connectivity index (χ4v) is 2.03. The van der Waals surface area contributed by atoms with Gasteiger partial charge in [0, 0.05) is 5.69 Å². The van der Waals surface area contributed by atoms with Gasteiger partial charge in [-0.25, -0.2) is 9.37 Å². The van der Waals surface area contributed by atoms with Crippen LogP contribution in [-0.4, -0.2) is 9.55 Å². The summed E-state index contributed by atoms with van der Waals surface area (Å²) >= 11 is 0. The number of nitrogens with two attached hydrogens (primary N) is 1. The first kappa shape index (κ1) is 10.8. The molecule has 2 N–H and O–H groups in total. The number of aromatic nitrogens is 2. The van der Waals surface area contributed by atoms with Gasteiger partial charge in [0.2, 0.25) is 0 Å². The quantitative estimate of drug-likeness (QED) is 0.701. The van der Waals surface area contributed by atoms with Crippen molar-refractivity contribution in [3.63, 3.8) is 0 Å². The van der Waals surface area contributed by atoms with E-state index in [9.17, 15) is 4.39 Å². The van der Waals surface area contributed by atoms with Crippen molar-refractivity contribution in [2.24, 2.45) is 0 Å². The highest BCUT2D eigenvalue weighted by Crippen LogP contribution is 2.18. The number of imidazole rings is 1. The number of anilines is 1. The van der Waals surface area contributed by atoms with Crippen molar-refractivity contribution < 1.29 is 4.39 Å². The highest BCUT2D eigenvalue weighted by atomic mass is 19.1. The summed E-state index contributed by atoms with van der Waals surface area (Å²) in [7, 11) is 0. The average molecular weight is 241 g/mol. The topological polar surface area (TPSA) is 43.8 Å². The Morgan fingerprint density at radius 1 is 1.17 bits per heavy atom. The average Bonchev–Trinajstić information content (AvgIpc) is 2.76. The second-order valence-electron chi connectivity index (χ2n) is 4.20. The lowest BCUT2D eigenvalue weighted by molar-refractivity contribution is 0.627. The molecule has 0 amide bonds. The fourth-order valence-electron chi connectivity index (χ4n) is 2.03. The minimum Gasteiger partial charge on any atom is -0.398 e. The molecule has 3 nitrogen and oxygen atoms in total. The summed E-state index contributed by atoms with van der Waals surface area (Å²) in [4.78, 5) is 4.31. The van der Waals surface area contributed by atoms with Gasteiger partial charge in [0.05, 0.1) is 23.9 Å². The van der Waals surface area contributed by atoms with Crippen molar-refractivity contribution in [1.29, 1.82) is 0 Å². The van der Waals surface area contributed by atoms with Crippen LogP contribution in [0.2, 0.25) is 0 Å². The Hall–Kier alpha value is -2.36. The van der Waals surface area contributed by atoms with Crippen LogP contribution in [0.1, 0.15) is 5.56 Å². The van der Waals surface area contributed by atoms with Crippen molar-refractivity contribution in [2.45, 2.75) is 6.54 Å². The Bertz CT molecular complexity index is 703. The summed E-state index contributed by atoms with van der Waals surface area (Å²) in [5.41, 5.74) is 9.15. The first-order valence-electron chi connectivity index (χ1n) is 5.68. The van der Waals surface area contributed by atoms with Crippen molar-refractivity contribution in [1.82, 2.24) is 9.55 Å². The number of nitrogens with zero attached hydrogens (tertiary/aromatic N) is 2. The van der Waals surface area contributed by atoms with Crippen LogP contribution >= 0.6 is 0 Å². The second-order valence-corrected chi connectivity index (χ2v) is 4.20. The zero-order valence-electron chi connectivity index (χ0n) is 9.68. The molecule has 0 fully saturated rings. The van der Waals surface area contributed by atoms with Gasteiger partial charge in [-0.1, -0.05) is 18.2 Å². The van der Waals surface area contributed by atoms with Gasteiger partial charge in [-0.2, -0.15) is 0 Å². The van der Waals surface area contributed by atoms with Crippen LogP contribution in [-0.2, 0) is 6.54 Å². The normalized spacial score (nSPS) is 10.9. The van der Waals surface area contributed by atoms with Crippen LogP contribution in [0.3, 0.4) is 0 Å². The Morgan fingerprint density at radius 3 is 2.83 bits per heavy atom. The molecule has 0 radical (unpaired) electrons. The van der Waals surface area contributed by atoms with Gasteiger partial charge < -0.3 is 10.3 Å². The van der Waals surface area contributed by atoms with Gasteiger partial charge >= 0.3 is 0 Å². The minimum absolute atomic E-state index is 0.313. The number of fused-ring (bicyclic) bond motifs is 1. The lowest BCUT2D eigenvalue weighted by Gasteiger charge is -2.07. The molecule has 4 heteroatoms. The maximum Gasteiger partial charge on any atom is 0.125 e. The zero-order valence-corrected chi connectivity index (χ0v) is 9.68. The van der Waals surface area contributed by atoms with E-state index in [0.29, 0.717) is 12.2 Å². The lowest BCUT2D eigenvalue weighted by atomic mass is 10.1. The maximum absolute atomic E-state index is 13.0. The van der Waals surface area contributed by atoms with Crippen molar-refractivity contribution in [2.75, 3.05) is 5.73 Å². The van der Waals surface area contributed by atoms with Crippen LogP contribution in [0.15, 0.2) is 48.8 Å². The monoisotopic (exact) mass is 241 g/mol. The molecule has 0 aliphatic carbocycles. The third-order valence-electron chi connectivity index (χ3n) is 2.98. The van der Waals surface area contributed by atoms with E-state index in [2.05, 4.69) is 4.98 Å². The third kappa shape index (κ3) is 1.82. The number of benzene rings is 2. The summed E-state index contributed by atoms with van der Waals surface area (Å²) in [5, 5.41) is 0. The molecule has 0 saturated carbocycles. The van der Waals surface area contributed by atoms with Gasteiger partial charge in [0.25, 0.3) is 0 Å². The number of nitrogen functional groups attached to an aromatic ring is 1. The highest BCUT2D eigenvalue weighted by Gasteiger charge is 2.05. The fraction of sp³-hybridized carbons (Fsp3) is 0.0714. The molecular formula is C14H12FN3. The Balaban J connectivity index is 2.01.